The maximum Gasteiger partial charge on any atom is 0.165 e. The molecule has 0 amide bonds. The van der Waals surface area contributed by atoms with Gasteiger partial charge in [-0.3, -0.25) is 0 Å². The summed E-state index contributed by atoms with van der Waals surface area (Å²) in [6.45, 7) is 0. The molecule has 4 fully saturated rings. The Kier molecular flexibility index (Phi) is 5.85. The SMILES string of the molecule is N#Cc1ccccc1-c1nc(C2=CCC3C=C(C45C[C@H]6C[C@H](C4)C[C@@H](C5)C6)c4ccccc4C3=C2)nc(-c2ccccc2)n1. The zero-order chi connectivity index (χ0) is 29.3. The number of hydrogen-bond acceptors (Lipinski definition) is 4. The smallest absolute Gasteiger partial charge is 0.165 e. The third-order valence-corrected chi connectivity index (χ3v) is 11.0. The Labute approximate surface area is 258 Å². The molecule has 44 heavy (non-hydrogen) atoms. The number of hydrogen-bond donors (Lipinski definition) is 0. The zero-order valence-electron chi connectivity index (χ0n) is 24.8. The molecule has 1 heterocycles. The van der Waals surface area contributed by atoms with E-state index in [1.165, 1.54) is 55.2 Å². The minimum Gasteiger partial charge on any atom is -0.208 e. The van der Waals surface area contributed by atoms with E-state index in [9.17, 15) is 5.26 Å². The molecule has 0 radical (unpaired) electrons. The van der Waals surface area contributed by atoms with Crippen LogP contribution in [0.3, 0.4) is 0 Å². The van der Waals surface area contributed by atoms with E-state index < -0.39 is 0 Å². The highest BCUT2D eigenvalue weighted by Crippen LogP contribution is 2.66. The van der Waals surface area contributed by atoms with Gasteiger partial charge in [-0.25, -0.2) is 15.0 Å². The molecular weight excluding hydrogens is 536 g/mol. The summed E-state index contributed by atoms with van der Waals surface area (Å²) in [4.78, 5) is 14.9. The second-order valence-electron chi connectivity index (χ2n) is 13.8. The molecule has 4 heteroatoms. The third-order valence-electron chi connectivity index (χ3n) is 11.0. The van der Waals surface area contributed by atoms with E-state index in [1.807, 2.05) is 54.6 Å². The topological polar surface area (TPSA) is 62.5 Å². The van der Waals surface area contributed by atoms with E-state index in [0.29, 0.717) is 34.4 Å². The van der Waals surface area contributed by atoms with Crippen LogP contribution in [-0.2, 0) is 0 Å². The lowest BCUT2D eigenvalue weighted by Gasteiger charge is -2.58. The van der Waals surface area contributed by atoms with Crippen LogP contribution in [0.4, 0.5) is 0 Å². The number of fused-ring (bicyclic) bond motifs is 3. The zero-order valence-corrected chi connectivity index (χ0v) is 24.8. The van der Waals surface area contributed by atoms with Gasteiger partial charge in [0.25, 0.3) is 0 Å². The Morgan fingerprint density at radius 3 is 2.00 bits per heavy atom. The molecule has 4 saturated carbocycles. The van der Waals surface area contributed by atoms with E-state index in [1.54, 1.807) is 5.57 Å². The van der Waals surface area contributed by atoms with Gasteiger partial charge in [-0.15, -0.1) is 0 Å². The van der Waals surface area contributed by atoms with Crippen LogP contribution in [0.15, 0.2) is 97.1 Å². The van der Waals surface area contributed by atoms with E-state index in [4.69, 9.17) is 15.0 Å². The van der Waals surface area contributed by atoms with Gasteiger partial charge in [-0.05, 0) is 109 Å². The molecule has 4 bridgehead atoms. The van der Waals surface area contributed by atoms with Crippen LogP contribution >= 0.6 is 0 Å². The van der Waals surface area contributed by atoms with Crippen molar-refractivity contribution in [3.8, 4) is 28.8 Å². The highest BCUT2D eigenvalue weighted by Gasteiger charge is 2.53. The first-order valence-corrected chi connectivity index (χ1v) is 16.2. The van der Waals surface area contributed by atoms with Gasteiger partial charge in [0.15, 0.2) is 17.5 Å². The number of benzene rings is 3. The molecule has 0 aliphatic heterocycles. The van der Waals surface area contributed by atoms with Crippen LogP contribution in [-0.4, -0.2) is 15.0 Å². The third kappa shape index (κ3) is 4.14. The molecule has 1 atom stereocenters. The van der Waals surface area contributed by atoms with Gasteiger partial charge in [0.1, 0.15) is 0 Å². The monoisotopic (exact) mass is 570 g/mol. The first kappa shape index (κ1) is 25.8. The van der Waals surface area contributed by atoms with Gasteiger partial charge in [-0.1, -0.05) is 78.9 Å². The van der Waals surface area contributed by atoms with Crippen molar-refractivity contribution in [3.05, 3.63) is 120 Å². The van der Waals surface area contributed by atoms with Crippen LogP contribution in [0.25, 0.3) is 39.5 Å². The minimum absolute atomic E-state index is 0.363. The fourth-order valence-corrected chi connectivity index (χ4v) is 9.59. The van der Waals surface area contributed by atoms with Crippen molar-refractivity contribution in [2.24, 2.45) is 29.1 Å². The van der Waals surface area contributed by atoms with Gasteiger partial charge in [-0.2, -0.15) is 5.26 Å². The van der Waals surface area contributed by atoms with Crippen molar-refractivity contribution in [2.45, 2.75) is 44.9 Å². The lowest BCUT2D eigenvalue weighted by molar-refractivity contribution is -0.0180. The summed E-state index contributed by atoms with van der Waals surface area (Å²) in [7, 11) is 0. The normalized spacial score (nSPS) is 27.8. The number of nitrogens with zero attached hydrogens (tertiary/aromatic N) is 4. The first-order chi connectivity index (χ1) is 21.7. The van der Waals surface area contributed by atoms with E-state index >= 15 is 0 Å². The van der Waals surface area contributed by atoms with Crippen LogP contribution in [0.1, 0.15) is 67.5 Å². The molecule has 0 saturated heterocycles. The van der Waals surface area contributed by atoms with Crippen molar-refractivity contribution < 1.29 is 0 Å². The number of allylic oxidation sites excluding steroid dienone is 6. The molecule has 4 aromatic rings. The second-order valence-corrected chi connectivity index (χ2v) is 13.8. The number of nitriles is 1. The lowest BCUT2D eigenvalue weighted by atomic mass is 9.46. The maximum atomic E-state index is 9.85. The average molecular weight is 571 g/mol. The van der Waals surface area contributed by atoms with Gasteiger partial charge >= 0.3 is 0 Å². The molecular formula is C40H34N4. The van der Waals surface area contributed by atoms with Crippen molar-refractivity contribution in [1.82, 2.24) is 15.0 Å². The summed E-state index contributed by atoms with van der Waals surface area (Å²) in [6.07, 6.45) is 16.8. The minimum atomic E-state index is 0.363. The second kappa shape index (κ2) is 9.96. The van der Waals surface area contributed by atoms with Gasteiger partial charge in [0, 0.05) is 22.6 Å². The molecule has 4 nitrogen and oxygen atoms in total. The average Bonchev–Trinajstić information content (AvgIpc) is 3.07. The predicted molar refractivity (Wildman–Crippen MR) is 174 cm³/mol. The van der Waals surface area contributed by atoms with Gasteiger partial charge in [0.2, 0.25) is 0 Å². The molecule has 0 spiro atoms. The summed E-state index contributed by atoms with van der Waals surface area (Å²) in [5.74, 6) is 4.94. The molecule has 214 valence electrons. The molecule has 1 aromatic heterocycles. The lowest BCUT2D eigenvalue weighted by Crippen LogP contribution is -2.47. The molecule has 6 aliphatic rings. The standard InChI is InChI=1S/C40H34N4/c41-24-31-10-4-5-11-32(31)39-43-37(28-8-2-1-3-9-28)42-38(44-39)30-15-14-29-20-36(34-13-7-6-12-33(34)35(29)19-30)40-21-25-16-26(22-40)18-27(17-25)23-40/h1-13,15,19-20,25-27,29H,14,16-18,21-23H2/t25-,26-,27-,29?,40?. The van der Waals surface area contributed by atoms with Crippen LogP contribution in [0.2, 0.25) is 0 Å². The summed E-state index contributed by atoms with van der Waals surface area (Å²) >= 11 is 0. The fraction of sp³-hybridized carbons (Fsp3) is 0.300. The van der Waals surface area contributed by atoms with Gasteiger partial charge in [0.05, 0.1) is 11.6 Å². The van der Waals surface area contributed by atoms with Crippen LogP contribution in [0.5, 0.6) is 0 Å². The van der Waals surface area contributed by atoms with E-state index in [0.717, 1.165) is 40.9 Å². The van der Waals surface area contributed by atoms with E-state index in [-0.39, 0.29) is 0 Å². The Hall–Kier alpha value is -4.62. The van der Waals surface area contributed by atoms with Crippen molar-refractivity contribution >= 4 is 16.7 Å². The predicted octanol–water partition coefficient (Wildman–Crippen LogP) is 9.18. The molecule has 1 unspecified atom stereocenters. The highest BCUT2D eigenvalue weighted by atomic mass is 15.0. The largest absolute Gasteiger partial charge is 0.208 e. The highest BCUT2D eigenvalue weighted by molar-refractivity contribution is 5.94. The Morgan fingerprint density at radius 1 is 0.659 bits per heavy atom. The van der Waals surface area contributed by atoms with Crippen molar-refractivity contribution in [1.29, 1.82) is 5.26 Å². The van der Waals surface area contributed by atoms with Crippen molar-refractivity contribution in [3.63, 3.8) is 0 Å². The van der Waals surface area contributed by atoms with Gasteiger partial charge < -0.3 is 0 Å². The number of aromatic nitrogens is 3. The molecule has 0 N–H and O–H groups in total. The Bertz CT molecular complexity index is 1900. The molecule has 6 aliphatic carbocycles. The Balaban J connectivity index is 1.15. The molecule has 3 aromatic carbocycles. The number of rotatable bonds is 4. The van der Waals surface area contributed by atoms with Crippen molar-refractivity contribution in [2.75, 3.05) is 0 Å². The molecule has 10 rings (SSSR count). The summed E-state index contributed by atoms with van der Waals surface area (Å²) in [6, 6.07) is 29.1. The quantitative estimate of drug-likeness (QED) is 0.245. The summed E-state index contributed by atoms with van der Waals surface area (Å²) < 4.78 is 0. The van der Waals surface area contributed by atoms with Crippen LogP contribution < -0.4 is 0 Å². The first-order valence-electron chi connectivity index (χ1n) is 16.2. The fourth-order valence-electron chi connectivity index (χ4n) is 9.59. The van der Waals surface area contributed by atoms with Crippen LogP contribution in [0, 0.1) is 40.4 Å². The van der Waals surface area contributed by atoms with E-state index in [2.05, 4.69) is 48.6 Å². The summed E-state index contributed by atoms with van der Waals surface area (Å²) in [5, 5.41) is 9.85. The summed E-state index contributed by atoms with van der Waals surface area (Å²) in [5.41, 5.74) is 9.44. The Morgan fingerprint density at radius 2 is 1.27 bits per heavy atom. The maximum absolute atomic E-state index is 9.85.